The summed E-state index contributed by atoms with van der Waals surface area (Å²) in [5.74, 6) is 0.823. The van der Waals surface area contributed by atoms with E-state index in [0.29, 0.717) is 12.5 Å². The van der Waals surface area contributed by atoms with Crippen LogP contribution in [-0.2, 0) is 4.79 Å². The third-order valence-electron chi connectivity index (χ3n) is 5.48. The molecule has 0 aromatic heterocycles. The maximum atomic E-state index is 12.2. The fraction of sp³-hybridized carbons (Fsp3) is 0.941. The van der Waals surface area contributed by atoms with Crippen molar-refractivity contribution in [2.75, 3.05) is 26.7 Å². The molecule has 4 heteroatoms. The van der Waals surface area contributed by atoms with Crippen molar-refractivity contribution in [3.8, 4) is 0 Å². The first-order chi connectivity index (χ1) is 10.2. The third kappa shape index (κ3) is 4.96. The van der Waals surface area contributed by atoms with Gasteiger partial charge in [-0.1, -0.05) is 25.7 Å². The van der Waals surface area contributed by atoms with Crippen LogP contribution < -0.4 is 11.1 Å². The van der Waals surface area contributed by atoms with Crippen LogP contribution in [0.15, 0.2) is 0 Å². The molecule has 0 aliphatic heterocycles. The highest BCUT2D eigenvalue weighted by atomic mass is 16.1. The molecule has 2 atom stereocenters. The number of carbonyl (C=O) groups is 1. The molecule has 0 heterocycles. The minimum atomic E-state index is 0.172. The van der Waals surface area contributed by atoms with E-state index in [4.69, 9.17) is 5.73 Å². The number of nitrogens with two attached hydrogens (primary N) is 1. The van der Waals surface area contributed by atoms with Crippen molar-refractivity contribution in [3.63, 3.8) is 0 Å². The highest BCUT2D eigenvalue weighted by Crippen LogP contribution is 2.30. The maximum absolute atomic E-state index is 12.2. The Morgan fingerprint density at radius 3 is 2.62 bits per heavy atom. The van der Waals surface area contributed by atoms with Crippen LogP contribution in [0.25, 0.3) is 0 Å². The number of hydrogen-bond acceptors (Lipinski definition) is 3. The molecular formula is C17H33N3O. The maximum Gasteiger partial charge on any atom is 0.223 e. The van der Waals surface area contributed by atoms with Crippen molar-refractivity contribution < 1.29 is 4.79 Å². The van der Waals surface area contributed by atoms with E-state index in [1.54, 1.807) is 0 Å². The third-order valence-corrected chi connectivity index (χ3v) is 5.48. The summed E-state index contributed by atoms with van der Waals surface area (Å²) in [5.41, 5.74) is 5.75. The number of hydrogen-bond donors (Lipinski definition) is 2. The van der Waals surface area contributed by atoms with Crippen molar-refractivity contribution in [1.29, 1.82) is 0 Å². The highest BCUT2D eigenvalue weighted by molar-refractivity contribution is 5.79. The Morgan fingerprint density at radius 1 is 1.14 bits per heavy atom. The molecule has 0 radical (unpaired) electrons. The zero-order chi connectivity index (χ0) is 15.1. The number of nitrogens with zero attached hydrogens (tertiary/aromatic N) is 1. The summed E-state index contributed by atoms with van der Waals surface area (Å²) >= 11 is 0. The highest BCUT2D eigenvalue weighted by Gasteiger charge is 2.31. The number of amides is 1. The molecule has 2 rings (SSSR count). The second-order valence-electron chi connectivity index (χ2n) is 6.95. The zero-order valence-corrected chi connectivity index (χ0v) is 13.7. The molecule has 2 aliphatic carbocycles. The second kappa shape index (κ2) is 8.74. The van der Waals surface area contributed by atoms with E-state index < -0.39 is 0 Å². The largest absolute Gasteiger partial charge is 0.356 e. The Balaban J connectivity index is 1.59. The van der Waals surface area contributed by atoms with Gasteiger partial charge in [0.15, 0.2) is 0 Å². The molecule has 0 aromatic carbocycles. The van der Waals surface area contributed by atoms with Gasteiger partial charge in [-0.25, -0.2) is 0 Å². The van der Waals surface area contributed by atoms with Crippen LogP contribution in [-0.4, -0.2) is 43.5 Å². The first kappa shape index (κ1) is 16.8. The molecule has 4 nitrogen and oxygen atoms in total. The predicted molar refractivity (Wildman–Crippen MR) is 87.0 cm³/mol. The average molecular weight is 295 g/mol. The van der Waals surface area contributed by atoms with E-state index in [1.807, 2.05) is 0 Å². The SMILES string of the molecule is CN(CCCNC(=O)C1CCCC1CN)C1CCCCC1. The van der Waals surface area contributed by atoms with Crippen LogP contribution in [0.4, 0.5) is 0 Å². The van der Waals surface area contributed by atoms with Crippen molar-refractivity contribution in [1.82, 2.24) is 10.2 Å². The number of carbonyl (C=O) groups excluding carboxylic acids is 1. The Labute approximate surface area is 129 Å². The van der Waals surface area contributed by atoms with E-state index in [0.717, 1.165) is 44.8 Å². The van der Waals surface area contributed by atoms with Gasteiger partial charge in [-0.3, -0.25) is 4.79 Å². The fourth-order valence-electron chi connectivity index (χ4n) is 4.04. The first-order valence-electron chi connectivity index (χ1n) is 8.90. The van der Waals surface area contributed by atoms with Gasteiger partial charge in [0, 0.05) is 18.5 Å². The molecule has 2 aliphatic rings. The van der Waals surface area contributed by atoms with Crippen molar-refractivity contribution in [3.05, 3.63) is 0 Å². The second-order valence-corrected chi connectivity index (χ2v) is 6.95. The fourth-order valence-corrected chi connectivity index (χ4v) is 4.04. The molecule has 0 saturated heterocycles. The summed E-state index contributed by atoms with van der Waals surface area (Å²) < 4.78 is 0. The van der Waals surface area contributed by atoms with Gasteiger partial charge in [0.05, 0.1) is 0 Å². The van der Waals surface area contributed by atoms with E-state index in [-0.39, 0.29) is 11.8 Å². The van der Waals surface area contributed by atoms with Crippen LogP contribution in [0, 0.1) is 11.8 Å². The lowest BCUT2D eigenvalue weighted by Crippen LogP contribution is -2.38. The summed E-state index contributed by atoms with van der Waals surface area (Å²) in [6.07, 6.45) is 11.2. The van der Waals surface area contributed by atoms with E-state index in [9.17, 15) is 4.79 Å². The molecule has 1 amide bonds. The smallest absolute Gasteiger partial charge is 0.223 e. The lowest BCUT2D eigenvalue weighted by Gasteiger charge is -2.31. The number of rotatable bonds is 7. The van der Waals surface area contributed by atoms with Crippen LogP contribution >= 0.6 is 0 Å². The van der Waals surface area contributed by atoms with Gasteiger partial charge in [-0.05, 0) is 58.2 Å². The molecular weight excluding hydrogens is 262 g/mol. The number of nitrogens with one attached hydrogen (secondary N) is 1. The Bertz CT molecular complexity index is 315. The summed E-state index contributed by atoms with van der Waals surface area (Å²) in [5, 5.41) is 3.13. The Kier molecular flexibility index (Phi) is 6.97. The van der Waals surface area contributed by atoms with Gasteiger partial charge >= 0.3 is 0 Å². The van der Waals surface area contributed by atoms with Gasteiger partial charge in [0.25, 0.3) is 0 Å². The Morgan fingerprint density at radius 2 is 1.90 bits per heavy atom. The lowest BCUT2D eigenvalue weighted by atomic mass is 9.94. The normalized spacial score (nSPS) is 27.2. The molecule has 2 fully saturated rings. The minimum Gasteiger partial charge on any atom is -0.356 e. The average Bonchev–Trinajstić information content (AvgIpc) is 3.00. The lowest BCUT2D eigenvalue weighted by molar-refractivity contribution is -0.125. The monoisotopic (exact) mass is 295 g/mol. The van der Waals surface area contributed by atoms with Gasteiger partial charge in [-0.15, -0.1) is 0 Å². The standard InChI is InChI=1S/C17H33N3O/c1-20(15-8-3-2-4-9-15)12-6-11-19-17(21)16-10-5-7-14(16)13-18/h14-16H,2-13,18H2,1H3,(H,19,21). The van der Waals surface area contributed by atoms with E-state index in [2.05, 4.69) is 17.3 Å². The van der Waals surface area contributed by atoms with Crippen LogP contribution in [0.2, 0.25) is 0 Å². The summed E-state index contributed by atoms with van der Waals surface area (Å²) in [6.45, 7) is 2.56. The zero-order valence-electron chi connectivity index (χ0n) is 13.7. The summed E-state index contributed by atoms with van der Waals surface area (Å²) in [4.78, 5) is 14.7. The quantitative estimate of drug-likeness (QED) is 0.707. The van der Waals surface area contributed by atoms with Crippen molar-refractivity contribution >= 4 is 5.91 Å². The molecule has 0 aromatic rings. The van der Waals surface area contributed by atoms with Gasteiger partial charge in [-0.2, -0.15) is 0 Å². The van der Waals surface area contributed by atoms with Gasteiger partial charge in [0.2, 0.25) is 5.91 Å². The Hall–Kier alpha value is -0.610. The molecule has 0 spiro atoms. The van der Waals surface area contributed by atoms with Crippen LogP contribution in [0.3, 0.4) is 0 Å². The first-order valence-corrected chi connectivity index (χ1v) is 8.90. The topological polar surface area (TPSA) is 58.4 Å². The van der Waals surface area contributed by atoms with Gasteiger partial charge < -0.3 is 16.0 Å². The van der Waals surface area contributed by atoms with Gasteiger partial charge in [0.1, 0.15) is 0 Å². The van der Waals surface area contributed by atoms with Crippen LogP contribution in [0.1, 0.15) is 57.8 Å². The summed E-state index contributed by atoms with van der Waals surface area (Å²) in [6, 6.07) is 0.769. The van der Waals surface area contributed by atoms with Crippen molar-refractivity contribution in [2.45, 2.75) is 63.8 Å². The van der Waals surface area contributed by atoms with E-state index in [1.165, 1.54) is 32.1 Å². The van der Waals surface area contributed by atoms with Crippen LogP contribution in [0.5, 0.6) is 0 Å². The molecule has 3 N–H and O–H groups in total. The molecule has 2 unspecified atom stereocenters. The molecule has 21 heavy (non-hydrogen) atoms. The van der Waals surface area contributed by atoms with E-state index >= 15 is 0 Å². The predicted octanol–water partition coefficient (Wildman–Crippen LogP) is 2.13. The summed E-state index contributed by atoms with van der Waals surface area (Å²) in [7, 11) is 2.24. The minimum absolute atomic E-state index is 0.172. The molecule has 122 valence electrons. The molecule has 2 saturated carbocycles. The molecule has 0 bridgehead atoms. The van der Waals surface area contributed by atoms with Crippen molar-refractivity contribution in [2.24, 2.45) is 17.6 Å².